The number of phenols is 3. The molecule has 12 aromatic rings. The number of aliphatic hydroxyl groups is 6. The van der Waals surface area contributed by atoms with Crippen LogP contribution in [0.2, 0.25) is 0 Å². The number of benzene rings is 8. The number of methoxy groups -OCH3 is 11. The highest BCUT2D eigenvalue weighted by atomic mass is 16.7. The monoisotopic (exact) mass is 1720 g/mol. The van der Waals surface area contributed by atoms with Crippen molar-refractivity contribution in [2.75, 3.05) is 98.0 Å². The van der Waals surface area contributed by atoms with Crippen LogP contribution in [0.3, 0.4) is 0 Å². The lowest BCUT2D eigenvalue weighted by atomic mass is 9.98. The fraction of sp³-hybridized carbons (Fsp3) is 0.287. The predicted molar refractivity (Wildman–Crippen MR) is 438 cm³/mol. The van der Waals surface area contributed by atoms with Crippen molar-refractivity contribution in [3.8, 4) is 137 Å². The highest BCUT2D eigenvalue weighted by Gasteiger charge is 2.48. The van der Waals surface area contributed by atoms with Gasteiger partial charge in [0, 0.05) is 95.1 Å². The van der Waals surface area contributed by atoms with E-state index in [4.69, 9.17) is 98.6 Å². The van der Waals surface area contributed by atoms with Gasteiger partial charge in [0.15, 0.2) is 87.2 Å². The van der Waals surface area contributed by atoms with E-state index in [0.29, 0.717) is 79.8 Å². The highest BCUT2D eigenvalue weighted by molar-refractivity contribution is 5.90. The van der Waals surface area contributed by atoms with Gasteiger partial charge in [0.2, 0.25) is 6.29 Å². The first-order valence-electron chi connectivity index (χ1n) is 37.2. The molecule has 124 heavy (non-hydrogen) atoms. The van der Waals surface area contributed by atoms with Crippen LogP contribution in [0.25, 0.3) is 89.2 Å². The third-order valence-corrected chi connectivity index (χ3v) is 19.3. The SMILES string of the molecule is COC(=O)COc1cc(OC)c2c(=O)cc(-c3ccc(OC)c(OC)c3)oc2c1.COc1ccc(-c2cc(=O)c3c(O)cc(OC4OC(COC5OC(C)C(O)C(O)C5O)C(O)C(O)C4O)cc3o2)cc1O.COc1ccc(-c2cc(=O)c3c(OC)cc(O)cc3o2)cc1OC.COc1ccc(-c2cc(=O)c3c(OC)cc(OCC(=O)O)cc3o2)cc1OC. The molecule has 0 saturated carbocycles. The van der Waals surface area contributed by atoms with Crippen molar-refractivity contribution in [3.05, 3.63) is 186 Å². The van der Waals surface area contributed by atoms with E-state index in [0.717, 1.165) is 12.1 Å². The predicted octanol–water partition coefficient (Wildman–Crippen LogP) is 8.09. The van der Waals surface area contributed by atoms with Gasteiger partial charge in [-0.2, -0.15) is 0 Å². The number of phenolic OH excluding ortho intramolecular Hbond substituents is 3. The minimum atomic E-state index is -1.78. The first kappa shape index (κ1) is 90.7. The number of aliphatic carboxylic acids is 1. The molecule has 0 spiro atoms. The van der Waals surface area contributed by atoms with Crippen LogP contribution in [0.4, 0.5) is 0 Å². The Hall–Kier alpha value is -14.0. The van der Waals surface area contributed by atoms with Gasteiger partial charge in [-0.05, 0) is 79.7 Å². The number of fused-ring (bicyclic) bond motifs is 4. The molecule has 2 saturated heterocycles. The van der Waals surface area contributed by atoms with Crippen LogP contribution in [-0.2, 0) is 28.5 Å². The maximum Gasteiger partial charge on any atom is 0.343 e. The summed E-state index contributed by atoms with van der Waals surface area (Å²) in [5.74, 6) is 3.11. The zero-order valence-corrected chi connectivity index (χ0v) is 68.2. The average molecular weight is 1720 g/mol. The largest absolute Gasteiger partial charge is 0.508 e. The Balaban J connectivity index is 0.000000165. The number of hydrogen-bond acceptors (Lipinski definition) is 36. The molecular weight excluding hydrogens is 1640 g/mol. The molecule has 37 heteroatoms. The highest BCUT2D eigenvalue weighted by Crippen LogP contribution is 2.42. The molecule has 0 bridgehead atoms. The third-order valence-electron chi connectivity index (χ3n) is 19.3. The first-order valence-corrected chi connectivity index (χ1v) is 37.2. The molecule has 0 radical (unpaired) electrons. The Morgan fingerprint density at radius 3 is 1.14 bits per heavy atom. The number of ether oxygens (including phenoxy) is 17. The lowest BCUT2D eigenvalue weighted by Crippen LogP contribution is -2.61. The molecule has 8 aromatic carbocycles. The van der Waals surface area contributed by atoms with Crippen molar-refractivity contribution in [2.24, 2.45) is 0 Å². The van der Waals surface area contributed by atoms with Gasteiger partial charge < -0.3 is 149 Å². The molecule has 10 N–H and O–H groups in total. The van der Waals surface area contributed by atoms with Crippen LogP contribution in [0.15, 0.2) is 182 Å². The normalized spacial score (nSPS) is 18.3. The minimum Gasteiger partial charge on any atom is -0.508 e. The van der Waals surface area contributed by atoms with Gasteiger partial charge in [-0.25, -0.2) is 9.59 Å². The van der Waals surface area contributed by atoms with E-state index >= 15 is 0 Å². The van der Waals surface area contributed by atoms with Crippen molar-refractivity contribution in [1.82, 2.24) is 0 Å². The van der Waals surface area contributed by atoms with Crippen LogP contribution in [0.5, 0.6) is 92.0 Å². The lowest BCUT2D eigenvalue weighted by molar-refractivity contribution is -0.318. The lowest BCUT2D eigenvalue weighted by Gasteiger charge is -2.42. The van der Waals surface area contributed by atoms with Crippen LogP contribution in [0, 0.1) is 0 Å². The number of carbonyl (C=O) groups is 2. The summed E-state index contributed by atoms with van der Waals surface area (Å²) in [6.45, 7) is 0.133. The maximum absolute atomic E-state index is 12.8. The third kappa shape index (κ3) is 20.3. The number of aromatic hydroxyl groups is 3. The molecule has 2 fully saturated rings. The Kier molecular flexibility index (Phi) is 29.4. The summed E-state index contributed by atoms with van der Waals surface area (Å²) in [6, 6.07) is 36.0. The summed E-state index contributed by atoms with van der Waals surface area (Å²) < 4.78 is 113. The van der Waals surface area contributed by atoms with E-state index in [1.807, 2.05) is 0 Å². The van der Waals surface area contributed by atoms with Crippen LogP contribution >= 0.6 is 0 Å². The number of rotatable bonds is 25. The molecule has 4 aromatic heterocycles. The van der Waals surface area contributed by atoms with Crippen LogP contribution in [-0.4, -0.2) is 222 Å². The fourth-order valence-corrected chi connectivity index (χ4v) is 13.0. The van der Waals surface area contributed by atoms with Gasteiger partial charge in [-0.1, -0.05) is 0 Å². The van der Waals surface area contributed by atoms with Gasteiger partial charge in [-0.3, -0.25) is 19.2 Å². The average Bonchev–Trinajstić information content (AvgIpc) is 0.785. The summed E-state index contributed by atoms with van der Waals surface area (Å²) >= 11 is 0. The Bertz CT molecular complexity index is 6110. The summed E-state index contributed by atoms with van der Waals surface area (Å²) in [7, 11) is 16.1. The number of carboxylic acids is 1. The number of aliphatic hydroxyl groups excluding tert-OH is 6. The molecule has 0 aliphatic carbocycles. The molecule has 37 nitrogen and oxygen atoms in total. The molecule has 6 heterocycles. The molecular formula is C87H86O37. The van der Waals surface area contributed by atoms with Gasteiger partial charge >= 0.3 is 11.9 Å². The molecule has 14 rings (SSSR count). The van der Waals surface area contributed by atoms with Crippen molar-refractivity contribution < 1.29 is 159 Å². The zero-order chi connectivity index (χ0) is 89.7. The first-order chi connectivity index (χ1) is 59.4. The van der Waals surface area contributed by atoms with Gasteiger partial charge in [0.25, 0.3) is 0 Å². The molecule has 656 valence electrons. The number of hydrogen-bond donors (Lipinski definition) is 10. The molecule has 2 aliphatic rings. The Morgan fingerprint density at radius 2 is 0.718 bits per heavy atom. The second-order valence-corrected chi connectivity index (χ2v) is 27.0. The smallest absolute Gasteiger partial charge is 0.343 e. The Labute approximate surface area is 701 Å². The maximum atomic E-state index is 12.8. The molecule has 10 atom stereocenters. The van der Waals surface area contributed by atoms with Crippen LogP contribution < -0.4 is 83.3 Å². The summed E-state index contributed by atoms with van der Waals surface area (Å²) in [5, 5.41) is 101. The second-order valence-electron chi connectivity index (χ2n) is 27.0. The molecule has 2 aliphatic heterocycles. The number of carboxylic acid groups (broad SMARTS) is 1. The number of carbonyl (C=O) groups excluding carboxylic acids is 1. The molecule has 10 unspecified atom stereocenters. The zero-order valence-electron chi connectivity index (χ0n) is 68.2. The minimum absolute atomic E-state index is 0.0491. The standard InChI is InChI=1S/C28H32O15.C21H20O8.C20H18O8.C18H16O6/c1-10-21(32)23(34)25(36)27(40-10)39-9-19-22(33)24(35)26(37)28(43-19)41-12-6-14(30)20-15(31)8-17(42-18(20)7-12)11-3-4-16(38-2)13(29)5-11;1-24-15-6-5-12(7-17(15)25-2)16-10-14(22)21-18(26-3)8-13(9-19(21)29-16)28-11-20(23)27-4;1-24-14-5-4-11(6-16(14)25-2)15-9-13(21)20-17(26-3)7-12(8-18(20)28-15)27-10-19(22)23;1-21-13-5-4-10(6-15(13)22-2)14-9-12(20)18-16(23-3)7-11(19)8-17(18)24-14/h3-8,10,19,21-30,32-37H,9H2,1-2H3;5-10H,11H2,1-4H3;4-9H,10H2,1-3H3,(H,22,23);4-9,19H,1-3H3. The van der Waals surface area contributed by atoms with Crippen molar-refractivity contribution in [2.45, 2.75) is 68.3 Å². The van der Waals surface area contributed by atoms with E-state index in [2.05, 4.69) is 4.74 Å². The quantitative estimate of drug-likeness (QED) is 0.0242. The summed E-state index contributed by atoms with van der Waals surface area (Å²) in [4.78, 5) is 72.8. The van der Waals surface area contributed by atoms with E-state index in [1.54, 1.807) is 67.8 Å². The van der Waals surface area contributed by atoms with E-state index < -0.39 is 97.7 Å². The number of esters is 1. The van der Waals surface area contributed by atoms with Crippen molar-refractivity contribution in [1.29, 1.82) is 0 Å². The second kappa shape index (κ2) is 40.1. The van der Waals surface area contributed by atoms with Crippen LogP contribution in [0.1, 0.15) is 6.92 Å². The van der Waals surface area contributed by atoms with Gasteiger partial charge in [-0.15, -0.1) is 0 Å². The summed E-state index contributed by atoms with van der Waals surface area (Å²) in [6.07, 6.45) is -15.0. The topological polar surface area (TPSA) is 514 Å². The van der Waals surface area contributed by atoms with Crippen molar-refractivity contribution >= 4 is 55.8 Å². The molecule has 0 amide bonds. The summed E-state index contributed by atoms with van der Waals surface area (Å²) in [5.41, 5.74) is 1.33. The van der Waals surface area contributed by atoms with E-state index in [1.165, 1.54) is 151 Å². The van der Waals surface area contributed by atoms with Gasteiger partial charge in [0.05, 0.1) is 90.9 Å². The van der Waals surface area contributed by atoms with Gasteiger partial charge in [0.1, 0.15) is 156 Å². The van der Waals surface area contributed by atoms with Crippen molar-refractivity contribution in [3.63, 3.8) is 0 Å². The van der Waals surface area contributed by atoms with E-state index in [9.17, 15) is 74.7 Å². The Morgan fingerprint density at radius 1 is 0.347 bits per heavy atom. The fourth-order valence-electron chi connectivity index (χ4n) is 13.0. The van der Waals surface area contributed by atoms with E-state index in [-0.39, 0.29) is 119 Å².